The van der Waals surface area contributed by atoms with E-state index >= 15 is 0 Å². The van der Waals surface area contributed by atoms with Crippen molar-refractivity contribution in [1.29, 1.82) is 0 Å². The molecule has 0 aromatic carbocycles. The maximum absolute atomic E-state index is 12.6. The number of nitrogens with one attached hydrogen (secondary N) is 1. The maximum atomic E-state index is 12.6. The molecule has 3 nitrogen and oxygen atoms in total. The second-order valence-corrected chi connectivity index (χ2v) is 7.89. The van der Waals surface area contributed by atoms with Crippen LogP contribution in [0.2, 0.25) is 0 Å². The number of rotatable bonds is 3. The summed E-state index contributed by atoms with van der Waals surface area (Å²) in [4.78, 5) is 12.6. The van der Waals surface area contributed by atoms with Crippen molar-refractivity contribution in [3.63, 3.8) is 0 Å². The third-order valence-corrected chi connectivity index (χ3v) is 6.49. The summed E-state index contributed by atoms with van der Waals surface area (Å²) >= 11 is 0. The van der Waals surface area contributed by atoms with Crippen LogP contribution in [0, 0.1) is 29.6 Å². The molecule has 4 bridgehead atoms. The van der Waals surface area contributed by atoms with E-state index in [-0.39, 0.29) is 17.9 Å². The molecule has 0 atom stereocenters. The SMILES string of the molecule is Cl.NC1(CNC(=O)C2C3CC4CC(C3)CC2C4)CCC1. The van der Waals surface area contributed by atoms with Gasteiger partial charge in [-0.25, -0.2) is 0 Å². The molecule has 0 heterocycles. The molecule has 0 saturated heterocycles. The average molecular weight is 299 g/mol. The first-order chi connectivity index (χ1) is 9.13. The molecule has 1 amide bonds. The van der Waals surface area contributed by atoms with Gasteiger partial charge in [-0.1, -0.05) is 0 Å². The predicted octanol–water partition coefficient (Wildman–Crippen LogP) is 2.48. The minimum Gasteiger partial charge on any atom is -0.354 e. The maximum Gasteiger partial charge on any atom is 0.223 e. The third-order valence-electron chi connectivity index (χ3n) is 6.49. The standard InChI is InChI=1S/C16H26N2O.ClH/c17-16(2-1-3-16)9-18-15(19)14-12-5-10-4-11(7-12)8-13(14)6-10;/h10-14H,1-9,17H2,(H,18,19);1H. The highest BCUT2D eigenvalue weighted by atomic mass is 35.5. The van der Waals surface area contributed by atoms with E-state index in [9.17, 15) is 4.79 Å². The van der Waals surface area contributed by atoms with Crippen LogP contribution >= 0.6 is 12.4 Å². The van der Waals surface area contributed by atoms with Crippen molar-refractivity contribution >= 4 is 18.3 Å². The zero-order chi connectivity index (χ0) is 13.0. The molecule has 5 rings (SSSR count). The van der Waals surface area contributed by atoms with Crippen molar-refractivity contribution in [2.24, 2.45) is 35.3 Å². The Balaban J connectivity index is 0.00000121. The van der Waals surface area contributed by atoms with Gasteiger partial charge in [-0.3, -0.25) is 4.79 Å². The summed E-state index contributed by atoms with van der Waals surface area (Å²) in [6, 6.07) is 0. The summed E-state index contributed by atoms with van der Waals surface area (Å²) in [5.74, 6) is 3.90. The van der Waals surface area contributed by atoms with Crippen LogP contribution in [0.4, 0.5) is 0 Å². The molecule has 0 aromatic heterocycles. The molecule has 0 radical (unpaired) electrons. The highest BCUT2D eigenvalue weighted by Gasteiger charge is 2.50. The molecular weight excluding hydrogens is 272 g/mol. The lowest BCUT2D eigenvalue weighted by atomic mass is 9.51. The van der Waals surface area contributed by atoms with Crippen LogP contribution in [0.5, 0.6) is 0 Å². The molecule has 20 heavy (non-hydrogen) atoms. The van der Waals surface area contributed by atoms with Gasteiger partial charge >= 0.3 is 0 Å². The van der Waals surface area contributed by atoms with Crippen LogP contribution < -0.4 is 11.1 Å². The molecule has 0 aliphatic heterocycles. The highest BCUT2D eigenvalue weighted by molar-refractivity contribution is 5.85. The molecule has 0 aromatic rings. The van der Waals surface area contributed by atoms with E-state index in [1.54, 1.807) is 0 Å². The molecule has 5 aliphatic rings. The van der Waals surface area contributed by atoms with Crippen LogP contribution in [0.1, 0.15) is 51.4 Å². The van der Waals surface area contributed by atoms with Gasteiger partial charge < -0.3 is 11.1 Å². The predicted molar refractivity (Wildman–Crippen MR) is 81.6 cm³/mol. The van der Waals surface area contributed by atoms with Gasteiger partial charge in [0.25, 0.3) is 0 Å². The lowest BCUT2D eigenvalue weighted by Gasteiger charge is -2.53. The van der Waals surface area contributed by atoms with Crippen LogP contribution in [0.15, 0.2) is 0 Å². The monoisotopic (exact) mass is 298 g/mol. The molecule has 5 aliphatic carbocycles. The highest BCUT2D eigenvalue weighted by Crippen LogP contribution is 2.56. The molecule has 114 valence electrons. The average Bonchev–Trinajstić information content (AvgIpc) is 2.32. The Morgan fingerprint density at radius 2 is 1.60 bits per heavy atom. The number of nitrogens with two attached hydrogens (primary N) is 1. The van der Waals surface area contributed by atoms with Gasteiger partial charge in [0.15, 0.2) is 0 Å². The molecular formula is C16H27ClN2O. The molecule has 3 N–H and O–H groups in total. The second kappa shape index (κ2) is 5.17. The Morgan fingerprint density at radius 3 is 2.05 bits per heavy atom. The number of carbonyl (C=O) groups is 1. The van der Waals surface area contributed by atoms with Crippen molar-refractivity contribution < 1.29 is 4.79 Å². The van der Waals surface area contributed by atoms with E-state index < -0.39 is 0 Å². The summed E-state index contributed by atoms with van der Waals surface area (Å²) in [7, 11) is 0. The second-order valence-electron chi connectivity index (χ2n) is 7.89. The number of hydrogen-bond acceptors (Lipinski definition) is 2. The zero-order valence-electron chi connectivity index (χ0n) is 12.1. The van der Waals surface area contributed by atoms with Crippen LogP contribution in [0.25, 0.3) is 0 Å². The normalized spacial score (nSPS) is 43.5. The van der Waals surface area contributed by atoms with Crippen molar-refractivity contribution in [2.75, 3.05) is 6.54 Å². The smallest absolute Gasteiger partial charge is 0.223 e. The first-order valence-electron chi connectivity index (χ1n) is 8.19. The van der Waals surface area contributed by atoms with Gasteiger partial charge in [0.1, 0.15) is 0 Å². The lowest BCUT2D eigenvalue weighted by Crippen LogP contribution is -2.57. The Labute approximate surface area is 127 Å². The van der Waals surface area contributed by atoms with Crippen molar-refractivity contribution in [2.45, 2.75) is 56.9 Å². The van der Waals surface area contributed by atoms with Crippen LogP contribution in [-0.4, -0.2) is 18.0 Å². The number of carbonyl (C=O) groups excluding carboxylic acids is 1. The van der Waals surface area contributed by atoms with E-state index in [0.717, 1.165) is 24.7 Å². The summed E-state index contributed by atoms with van der Waals surface area (Å²) in [5, 5.41) is 3.19. The largest absolute Gasteiger partial charge is 0.354 e. The van der Waals surface area contributed by atoms with Crippen LogP contribution in [0.3, 0.4) is 0 Å². The van der Waals surface area contributed by atoms with Gasteiger partial charge in [-0.15, -0.1) is 12.4 Å². The van der Waals surface area contributed by atoms with Crippen LogP contribution in [-0.2, 0) is 4.79 Å². The van der Waals surface area contributed by atoms with Crippen molar-refractivity contribution in [3.8, 4) is 0 Å². The van der Waals surface area contributed by atoms with Crippen molar-refractivity contribution in [1.82, 2.24) is 5.32 Å². The van der Waals surface area contributed by atoms with E-state index in [1.165, 1.54) is 38.5 Å². The Hall–Kier alpha value is -0.280. The summed E-state index contributed by atoms with van der Waals surface area (Å²) in [5.41, 5.74) is 6.13. The van der Waals surface area contributed by atoms with E-state index in [0.29, 0.717) is 30.2 Å². The van der Waals surface area contributed by atoms with E-state index in [1.807, 2.05) is 0 Å². The third kappa shape index (κ3) is 2.37. The molecule has 4 heteroatoms. The van der Waals surface area contributed by atoms with Gasteiger partial charge in [0.2, 0.25) is 5.91 Å². The van der Waals surface area contributed by atoms with Gasteiger partial charge in [0, 0.05) is 18.0 Å². The van der Waals surface area contributed by atoms with Crippen molar-refractivity contribution in [3.05, 3.63) is 0 Å². The molecule has 0 unspecified atom stereocenters. The van der Waals surface area contributed by atoms with E-state index in [2.05, 4.69) is 5.32 Å². The van der Waals surface area contributed by atoms with Gasteiger partial charge in [0.05, 0.1) is 0 Å². The fourth-order valence-corrected chi connectivity index (χ4v) is 5.54. The quantitative estimate of drug-likeness (QED) is 0.841. The Bertz CT molecular complexity index is 366. The summed E-state index contributed by atoms with van der Waals surface area (Å²) in [6.45, 7) is 0.703. The fraction of sp³-hybridized carbons (Fsp3) is 0.938. The number of hydrogen-bond donors (Lipinski definition) is 2. The first kappa shape index (κ1) is 14.6. The van der Waals surface area contributed by atoms with Gasteiger partial charge in [-0.2, -0.15) is 0 Å². The molecule has 0 spiro atoms. The summed E-state index contributed by atoms with van der Waals surface area (Å²) < 4.78 is 0. The van der Waals surface area contributed by atoms with Gasteiger partial charge in [-0.05, 0) is 75.0 Å². The topological polar surface area (TPSA) is 55.1 Å². The Morgan fingerprint density at radius 1 is 1.05 bits per heavy atom. The number of halogens is 1. The first-order valence-corrected chi connectivity index (χ1v) is 8.19. The Kier molecular flexibility index (Phi) is 3.79. The molecule has 5 fully saturated rings. The minimum atomic E-state index is -0.0818. The van der Waals surface area contributed by atoms with E-state index in [4.69, 9.17) is 5.73 Å². The minimum absolute atomic E-state index is 0. The zero-order valence-corrected chi connectivity index (χ0v) is 13.0. The fourth-order valence-electron chi connectivity index (χ4n) is 5.54. The lowest BCUT2D eigenvalue weighted by molar-refractivity contribution is -0.138. The molecule has 5 saturated carbocycles. The number of amides is 1. The summed E-state index contributed by atoms with van der Waals surface area (Å²) in [6.07, 6.45) is 10.1.